The molecule has 2 aliphatic rings. The van der Waals surface area contributed by atoms with Crippen LogP contribution in [0.15, 0.2) is 35.5 Å². The number of ether oxygens (including phenoxy) is 1. The standard InChI is InChI=1S/C17H15F4N5O2S.ClH/c18-11-2-1-9(23-13(27)12-3-4-26(25-12)14(19)20)5-10(11)17-7-28-6-16(17,21)8-29-15(22)24-17;/h1-5,14H,6-8H2,(H2,22,24)(H,23,27);1H/t16-,17-;/m1./s1. The third-order valence-corrected chi connectivity index (χ3v) is 5.83. The Bertz CT molecular complexity index is 1010. The highest BCUT2D eigenvalue weighted by molar-refractivity contribution is 8.13. The number of anilines is 1. The number of hydrogen-bond donors (Lipinski definition) is 2. The molecule has 0 spiro atoms. The van der Waals surface area contributed by atoms with E-state index in [1.807, 2.05) is 0 Å². The lowest BCUT2D eigenvalue weighted by atomic mass is 9.79. The maximum absolute atomic E-state index is 15.5. The maximum Gasteiger partial charge on any atom is 0.333 e. The minimum Gasteiger partial charge on any atom is -0.379 e. The zero-order valence-electron chi connectivity index (χ0n) is 15.1. The Hall–Kier alpha value is -2.31. The van der Waals surface area contributed by atoms with E-state index in [1.165, 1.54) is 12.1 Å². The second kappa shape index (κ2) is 8.08. The summed E-state index contributed by atoms with van der Waals surface area (Å²) in [6, 6.07) is 4.68. The van der Waals surface area contributed by atoms with Crippen molar-refractivity contribution in [3.05, 3.63) is 47.5 Å². The lowest BCUT2D eigenvalue weighted by Gasteiger charge is -2.38. The Morgan fingerprint density at radius 1 is 1.33 bits per heavy atom. The number of nitrogens with one attached hydrogen (secondary N) is 1. The van der Waals surface area contributed by atoms with Crippen LogP contribution in [0.3, 0.4) is 0 Å². The number of fused-ring (bicyclic) bond motifs is 1. The number of nitrogens with zero attached hydrogens (tertiary/aromatic N) is 3. The molecule has 0 radical (unpaired) electrons. The topological polar surface area (TPSA) is 94.5 Å². The maximum atomic E-state index is 15.5. The number of benzene rings is 1. The molecule has 2 aromatic rings. The van der Waals surface area contributed by atoms with Crippen LogP contribution in [0, 0.1) is 5.82 Å². The smallest absolute Gasteiger partial charge is 0.333 e. The fourth-order valence-electron chi connectivity index (χ4n) is 3.37. The molecule has 162 valence electrons. The number of thioether (sulfide) groups is 1. The predicted octanol–water partition coefficient (Wildman–Crippen LogP) is 3.09. The van der Waals surface area contributed by atoms with Crippen LogP contribution in [0.25, 0.3) is 0 Å². The molecule has 13 heteroatoms. The van der Waals surface area contributed by atoms with Crippen LogP contribution in [-0.4, -0.2) is 45.5 Å². The summed E-state index contributed by atoms with van der Waals surface area (Å²) >= 11 is 1.02. The molecule has 1 aromatic heterocycles. The van der Waals surface area contributed by atoms with E-state index in [9.17, 15) is 18.0 Å². The first-order valence-corrected chi connectivity index (χ1v) is 9.42. The van der Waals surface area contributed by atoms with Crippen LogP contribution in [-0.2, 0) is 10.3 Å². The monoisotopic (exact) mass is 465 g/mol. The molecule has 0 unspecified atom stereocenters. The van der Waals surface area contributed by atoms with E-state index in [0.29, 0.717) is 4.68 Å². The predicted molar refractivity (Wildman–Crippen MR) is 105 cm³/mol. The third kappa shape index (κ3) is 3.63. The van der Waals surface area contributed by atoms with E-state index in [-0.39, 0.29) is 53.5 Å². The first-order valence-electron chi connectivity index (χ1n) is 8.44. The molecular formula is C17H16ClF4N5O2S. The van der Waals surface area contributed by atoms with Gasteiger partial charge >= 0.3 is 6.55 Å². The van der Waals surface area contributed by atoms with Crippen molar-refractivity contribution in [2.24, 2.45) is 10.7 Å². The van der Waals surface area contributed by atoms with Crippen molar-refractivity contribution in [2.75, 3.05) is 24.3 Å². The number of halogens is 5. The SMILES string of the molecule is Cl.NC1=N[C@@]2(c3cc(NC(=O)c4ccn(C(F)F)n4)ccc3F)COC[C@@]2(F)CS1. The fraction of sp³-hybridized carbons (Fsp3) is 0.353. The van der Waals surface area contributed by atoms with Gasteiger partial charge in [-0.3, -0.25) is 4.79 Å². The van der Waals surface area contributed by atoms with E-state index in [1.54, 1.807) is 0 Å². The number of aromatic nitrogens is 2. The van der Waals surface area contributed by atoms with Crippen LogP contribution >= 0.6 is 24.2 Å². The molecule has 2 atom stereocenters. The van der Waals surface area contributed by atoms with Gasteiger partial charge in [0, 0.05) is 23.2 Å². The normalized spacial score (nSPS) is 25.4. The van der Waals surface area contributed by atoms with Crippen molar-refractivity contribution >= 4 is 40.9 Å². The quantitative estimate of drug-likeness (QED) is 0.677. The Morgan fingerprint density at radius 2 is 2.10 bits per heavy atom. The molecule has 3 N–H and O–H groups in total. The van der Waals surface area contributed by atoms with Gasteiger partial charge in [0.05, 0.1) is 13.2 Å². The summed E-state index contributed by atoms with van der Waals surface area (Å²) in [5.41, 5.74) is 1.87. The molecule has 0 saturated carbocycles. The summed E-state index contributed by atoms with van der Waals surface area (Å²) in [4.78, 5) is 16.5. The molecule has 0 aliphatic carbocycles. The summed E-state index contributed by atoms with van der Waals surface area (Å²) in [7, 11) is 0. The number of nitrogens with two attached hydrogens (primary N) is 1. The number of aliphatic imine (C=N–C) groups is 1. The van der Waals surface area contributed by atoms with Crippen molar-refractivity contribution in [3.63, 3.8) is 0 Å². The number of amides is 1. The third-order valence-electron chi connectivity index (χ3n) is 4.84. The summed E-state index contributed by atoms with van der Waals surface area (Å²) in [6.07, 6.45) is 0.957. The molecule has 2 aliphatic heterocycles. The van der Waals surface area contributed by atoms with E-state index >= 15 is 4.39 Å². The van der Waals surface area contributed by atoms with Gasteiger partial charge in [0.15, 0.2) is 22.1 Å². The summed E-state index contributed by atoms with van der Waals surface area (Å²) in [5, 5.41) is 6.02. The molecule has 1 saturated heterocycles. The summed E-state index contributed by atoms with van der Waals surface area (Å²) in [5.74, 6) is -1.57. The Labute approximate surface area is 178 Å². The van der Waals surface area contributed by atoms with Gasteiger partial charge in [-0.25, -0.2) is 18.5 Å². The average molecular weight is 466 g/mol. The molecule has 0 bridgehead atoms. The van der Waals surface area contributed by atoms with Crippen molar-refractivity contribution in [1.29, 1.82) is 0 Å². The minimum atomic E-state index is -2.89. The van der Waals surface area contributed by atoms with Crippen LogP contribution in [0.2, 0.25) is 0 Å². The average Bonchev–Trinajstić information content (AvgIpc) is 3.29. The van der Waals surface area contributed by atoms with Gasteiger partial charge in [0.2, 0.25) is 0 Å². The second-order valence-corrected chi connectivity index (χ2v) is 7.66. The first-order chi connectivity index (χ1) is 13.7. The Kier molecular flexibility index (Phi) is 6.03. The molecule has 1 amide bonds. The molecular weight excluding hydrogens is 450 g/mol. The molecule has 4 rings (SSSR count). The van der Waals surface area contributed by atoms with Crippen LogP contribution < -0.4 is 11.1 Å². The summed E-state index contributed by atoms with van der Waals surface area (Å²) < 4.78 is 61.1. The van der Waals surface area contributed by atoms with Crippen LogP contribution in [0.5, 0.6) is 0 Å². The van der Waals surface area contributed by atoms with Crippen molar-refractivity contribution in [2.45, 2.75) is 17.8 Å². The van der Waals surface area contributed by atoms with E-state index in [4.69, 9.17) is 10.5 Å². The molecule has 3 heterocycles. The Morgan fingerprint density at radius 3 is 2.80 bits per heavy atom. The highest BCUT2D eigenvalue weighted by Crippen LogP contribution is 2.50. The van der Waals surface area contributed by atoms with Crippen LogP contribution in [0.4, 0.5) is 23.2 Å². The number of alkyl halides is 3. The zero-order valence-corrected chi connectivity index (χ0v) is 16.8. The highest BCUT2D eigenvalue weighted by atomic mass is 35.5. The minimum absolute atomic E-state index is 0. The van der Waals surface area contributed by atoms with Crippen molar-refractivity contribution in [3.8, 4) is 0 Å². The molecule has 7 nitrogen and oxygen atoms in total. The number of carbonyl (C=O) groups excluding carboxylic acids is 1. The van der Waals surface area contributed by atoms with Crippen molar-refractivity contribution in [1.82, 2.24) is 9.78 Å². The lowest BCUT2D eigenvalue weighted by molar-refractivity contribution is 0.0561. The summed E-state index contributed by atoms with van der Waals surface area (Å²) in [6.45, 7) is -3.36. The zero-order chi connectivity index (χ0) is 20.8. The lowest BCUT2D eigenvalue weighted by Crippen LogP contribution is -2.52. The van der Waals surface area contributed by atoms with Gasteiger partial charge in [0.25, 0.3) is 5.91 Å². The molecule has 30 heavy (non-hydrogen) atoms. The van der Waals surface area contributed by atoms with Gasteiger partial charge in [-0.15, -0.1) is 12.4 Å². The largest absolute Gasteiger partial charge is 0.379 e. The van der Waals surface area contributed by atoms with Crippen LogP contribution in [0.1, 0.15) is 22.6 Å². The highest BCUT2D eigenvalue weighted by Gasteiger charge is 2.61. The number of hydrogen-bond acceptors (Lipinski definition) is 6. The van der Waals surface area contributed by atoms with Crippen molar-refractivity contribution < 1.29 is 27.1 Å². The number of amidine groups is 1. The van der Waals surface area contributed by atoms with Gasteiger partial charge < -0.3 is 15.8 Å². The van der Waals surface area contributed by atoms with Gasteiger partial charge in [0.1, 0.15) is 5.82 Å². The van der Waals surface area contributed by atoms with E-state index in [2.05, 4.69) is 15.4 Å². The van der Waals surface area contributed by atoms with Gasteiger partial charge in [-0.2, -0.15) is 13.9 Å². The fourth-order valence-corrected chi connectivity index (χ4v) is 4.29. The Balaban J connectivity index is 0.00000256. The second-order valence-electron chi connectivity index (χ2n) is 6.66. The number of rotatable bonds is 4. The van der Waals surface area contributed by atoms with E-state index < -0.39 is 29.5 Å². The molecule has 1 aromatic carbocycles. The number of carbonyl (C=O) groups is 1. The van der Waals surface area contributed by atoms with Gasteiger partial charge in [-0.05, 0) is 24.3 Å². The van der Waals surface area contributed by atoms with Gasteiger partial charge in [-0.1, -0.05) is 11.8 Å². The van der Waals surface area contributed by atoms with E-state index in [0.717, 1.165) is 30.1 Å². The molecule has 1 fully saturated rings. The first kappa shape index (κ1) is 22.4.